The first-order valence-corrected chi connectivity index (χ1v) is 6.94. The van der Waals surface area contributed by atoms with Crippen LogP contribution in [0, 0.1) is 22.5 Å². The van der Waals surface area contributed by atoms with Crippen LogP contribution in [0.4, 0.5) is 11.4 Å². The number of allylic oxidation sites excluding steroid dienone is 2. The fourth-order valence-electron chi connectivity index (χ4n) is 2.48. The lowest BCUT2D eigenvalue weighted by atomic mass is 9.77. The standard InChI is InChI=1S/C16H18N2O4/c1-10-6-11(18(21)22)4-5-13(10)17-9-12-14(19)7-16(2,3)8-15(12)20/h4-6,9,19H,7-8H2,1-3H3. The molecule has 0 amide bonds. The summed E-state index contributed by atoms with van der Waals surface area (Å²) in [4.78, 5) is 26.5. The number of rotatable bonds is 3. The average Bonchev–Trinajstić information content (AvgIpc) is 2.37. The summed E-state index contributed by atoms with van der Waals surface area (Å²) < 4.78 is 0. The van der Waals surface area contributed by atoms with Crippen LogP contribution in [0.1, 0.15) is 32.3 Å². The highest BCUT2D eigenvalue weighted by Crippen LogP contribution is 2.35. The number of carbonyl (C=O) groups excluding carboxylic acids is 1. The van der Waals surface area contributed by atoms with Gasteiger partial charge in [0.05, 0.1) is 16.2 Å². The number of aliphatic hydroxyl groups is 1. The third-order valence-corrected chi connectivity index (χ3v) is 3.62. The molecule has 116 valence electrons. The molecule has 22 heavy (non-hydrogen) atoms. The van der Waals surface area contributed by atoms with Gasteiger partial charge in [-0.2, -0.15) is 0 Å². The molecule has 0 aromatic heterocycles. The van der Waals surface area contributed by atoms with Gasteiger partial charge in [0, 0.05) is 31.2 Å². The number of aryl methyl sites for hydroxylation is 1. The second-order valence-corrected chi connectivity index (χ2v) is 6.29. The van der Waals surface area contributed by atoms with E-state index in [2.05, 4.69) is 4.99 Å². The number of ketones is 1. The highest BCUT2D eigenvalue weighted by atomic mass is 16.6. The summed E-state index contributed by atoms with van der Waals surface area (Å²) in [6, 6.07) is 4.31. The van der Waals surface area contributed by atoms with E-state index >= 15 is 0 Å². The zero-order valence-electron chi connectivity index (χ0n) is 12.8. The third-order valence-electron chi connectivity index (χ3n) is 3.62. The van der Waals surface area contributed by atoms with E-state index in [4.69, 9.17) is 0 Å². The molecule has 1 aliphatic rings. The molecule has 0 spiro atoms. The number of nitro benzene ring substituents is 1. The molecule has 6 heteroatoms. The van der Waals surface area contributed by atoms with Crippen LogP contribution in [-0.4, -0.2) is 22.0 Å². The molecule has 1 aliphatic carbocycles. The Labute approximate surface area is 128 Å². The van der Waals surface area contributed by atoms with Crippen molar-refractivity contribution in [2.24, 2.45) is 10.4 Å². The molecule has 2 rings (SSSR count). The topological polar surface area (TPSA) is 92.8 Å². The van der Waals surface area contributed by atoms with Gasteiger partial charge in [0.25, 0.3) is 5.69 Å². The van der Waals surface area contributed by atoms with Gasteiger partial charge in [-0.05, 0) is 24.0 Å². The molecule has 1 N–H and O–H groups in total. The van der Waals surface area contributed by atoms with E-state index in [1.54, 1.807) is 6.92 Å². The lowest BCUT2D eigenvalue weighted by Crippen LogP contribution is -2.26. The number of Topliss-reactive ketones (excluding diaryl/α,β-unsaturated/α-hetero) is 1. The van der Waals surface area contributed by atoms with E-state index in [0.29, 0.717) is 24.1 Å². The number of hydrogen-bond acceptors (Lipinski definition) is 5. The first-order chi connectivity index (χ1) is 10.2. The Morgan fingerprint density at radius 3 is 2.59 bits per heavy atom. The van der Waals surface area contributed by atoms with Gasteiger partial charge in [-0.3, -0.25) is 19.9 Å². The predicted octanol–water partition coefficient (Wildman–Crippen LogP) is 3.81. The summed E-state index contributed by atoms with van der Waals surface area (Å²) in [6.45, 7) is 5.56. The molecule has 0 saturated carbocycles. The Kier molecular flexibility index (Phi) is 4.12. The van der Waals surface area contributed by atoms with Gasteiger partial charge in [-0.15, -0.1) is 0 Å². The smallest absolute Gasteiger partial charge is 0.269 e. The number of nitro groups is 1. The molecule has 0 aliphatic heterocycles. The maximum atomic E-state index is 12.1. The summed E-state index contributed by atoms with van der Waals surface area (Å²) in [5, 5.41) is 20.7. The van der Waals surface area contributed by atoms with Crippen molar-refractivity contribution >= 4 is 23.4 Å². The number of benzene rings is 1. The van der Waals surface area contributed by atoms with Crippen LogP contribution >= 0.6 is 0 Å². The van der Waals surface area contributed by atoms with Gasteiger partial charge in [-0.25, -0.2) is 0 Å². The lowest BCUT2D eigenvalue weighted by molar-refractivity contribution is -0.384. The Morgan fingerprint density at radius 1 is 1.36 bits per heavy atom. The van der Waals surface area contributed by atoms with E-state index in [9.17, 15) is 20.0 Å². The highest BCUT2D eigenvalue weighted by Gasteiger charge is 2.32. The van der Waals surface area contributed by atoms with Crippen molar-refractivity contribution in [3.8, 4) is 0 Å². The van der Waals surface area contributed by atoms with Crippen molar-refractivity contribution in [2.75, 3.05) is 0 Å². The van der Waals surface area contributed by atoms with Crippen LogP contribution in [0.5, 0.6) is 0 Å². The molecule has 0 unspecified atom stereocenters. The van der Waals surface area contributed by atoms with Crippen LogP contribution in [0.2, 0.25) is 0 Å². The quantitative estimate of drug-likeness (QED) is 0.522. The van der Waals surface area contributed by atoms with Gasteiger partial charge >= 0.3 is 0 Å². The molecular weight excluding hydrogens is 284 g/mol. The molecular formula is C16H18N2O4. The Morgan fingerprint density at radius 2 is 2.05 bits per heavy atom. The van der Waals surface area contributed by atoms with Gasteiger partial charge in [0.2, 0.25) is 0 Å². The Bertz CT molecular complexity index is 702. The van der Waals surface area contributed by atoms with Crippen molar-refractivity contribution in [1.82, 2.24) is 0 Å². The van der Waals surface area contributed by atoms with Gasteiger partial charge in [-0.1, -0.05) is 13.8 Å². The van der Waals surface area contributed by atoms with E-state index in [1.165, 1.54) is 24.4 Å². The first-order valence-electron chi connectivity index (χ1n) is 6.94. The number of nitrogens with zero attached hydrogens (tertiary/aromatic N) is 2. The van der Waals surface area contributed by atoms with Crippen LogP contribution in [-0.2, 0) is 4.79 Å². The SMILES string of the molecule is Cc1cc([N+](=O)[O-])ccc1N=CC1=C(O)CC(C)(C)CC1=O. The fraction of sp³-hybridized carbons (Fsp3) is 0.375. The number of hydrogen-bond donors (Lipinski definition) is 1. The number of non-ortho nitro benzene ring substituents is 1. The van der Waals surface area contributed by atoms with E-state index < -0.39 is 4.92 Å². The Balaban J connectivity index is 2.29. The summed E-state index contributed by atoms with van der Waals surface area (Å²) in [5.74, 6) is -0.0957. The van der Waals surface area contributed by atoms with Crippen molar-refractivity contribution in [3.05, 3.63) is 45.2 Å². The Hall–Kier alpha value is -2.50. The van der Waals surface area contributed by atoms with Crippen molar-refractivity contribution in [2.45, 2.75) is 33.6 Å². The molecule has 0 radical (unpaired) electrons. The predicted molar refractivity (Wildman–Crippen MR) is 83.7 cm³/mol. The van der Waals surface area contributed by atoms with Crippen LogP contribution < -0.4 is 0 Å². The number of carbonyl (C=O) groups is 1. The molecule has 1 aromatic rings. The summed E-state index contributed by atoms with van der Waals surface area (Å²) in [6.07, 6.45) is 2.14. The number of aliphatic imine (C=N–C) groups is 1. The lowest BCUT2D eigenvalue weighted by Gasteiger charge is -2.28. The van der Waals surface area contributed by atoms with Gasteiger partial charge in [0.15, 0.2) is 5.78 Å². The molecule has 0 atom stereocenters. The monoisotopic (exact) mass is 302 g/mol. The fourth-order valence-corrected chi connectivity index (χ4v) is 2.48. The zero-order chi connectivity index (χ0) is 16.5. The summed E-state index contributed by atoms with van der Waals surface area (Å²) in [5.41, 5.74) is 1.13. The van der Waals surface area contributed by atoms with Gasteiger partial charge < -0.3 is 5.11 Å². The largest absolute Gasteiger partial charge is 0.511 e. The minimum atomic E-state index is -0.471. The van der Waals surface area contributed by atoms with Crippen molar-refractivity contribution in [1.29, 1.82) is 0 Å². The maximum Gasteiger partial charge on any atom is 0.269 e. The summed E-state index contributed by atoms with van der Waals surface area (Å²) >= 11 is 0. The summed E-state index contributed by atoms with van der Waals surface area (Å²) in [7, 11) is 0. The first kappa shape index (κ1) is 15.9. The minimum Gasteiger partial charge on any atom is -0.511 e. The van der Waals surface area contributed by atoms with E-state index in [-0.39, 0.29) is 28.2 Å². The molecule has 0 saturated heterocycles. The normalized spacial score (nSPS) is 18.0. The molecule has 0 fully saturated rings. The second-order valence-electron chi connectivity index (χ2n) is 6.29. The van der Waals surface area contributed by atoms with Crippen LogP contribution in [0.3, 0.4) is 0 Å². The van der Waals surface area contributed by atoms with Crippen molar-refractivity contribution < 1.29 is 14.8 Å². The van der Waals surface area contributed by atoms with Gasteiger partial charge in [0.1, 0.15) is 5.76 Å². The molecule has 0 bridgehead atoms. The van der Waals surface area contributed by atoms with E-state index in [0.717, 1.165) is 0 Å². The highest BCUT2D eigenvalue weighted by molar-refractivity contribution is 6.14. The van der Waals surface area contributed by atoms with E-state index in [1.807, 2.05) is 13.8 Å². The van der Waals surface area contributed by atoms with Crippen LogP contribution in [0.15, 0.2) is 34.5 Å². The minimum absolute atomic E-state index is 0.00555. The van der Waals surface area contributed by atoms with Crippen molar-refractivity contribution in [3.63, 3.8) is 0 Å². The zero-order valence-corrected chi connectivity index (χ0v) is 12.8. The molecule has 0 heterocycles. The molecule has 6 nitrogen and oxygen atoms in total. The van der Waals surface area contributed by atoms with Crippen LogP contribution in [0.25, 0.3) is 0 Å². The third kappa shape index (κ3) is 3.39. The second kappa shape index (κ2) is 5.71. The number of aliphatic hydroxyl groups excluding tert-OH is 1. The maximum absolute atomic E-state index is 12.1. The average molecular weight is 302 g/mol. The molecule has 1 aromatic carbocycles.